The van der Waals surface area contributed by atoms with Crippen LogP contribution in [0, 0.1) is 0 Å². The lowest BCUT2D eigenvalue weighted by molar-refractivity contribution is 0.881. The number of rotatable bonds is 2. The summed E-state index contributed by atoms with van der Waals surface area (Å²) in [5.41, 5.74) is 2.23. The number of guanidine groups is 1. The average molecular weight is 169 g/mol. The van der Waals surface area contributed by atoms with Crippen LogP contribution in [0.5, 0.6) is 0 Å². The molecule has 9 heteroatoms. The second-order valence-corrected chi connectivity index (χ2v) is 1.61. The van der Waals surface area contributed by atoms with E-state index in [1.165, 1.54) is 0 Å². The topological polar surface area (TPSA) is 129 Å². The van der Waals surface area contributed by atoms with E-state index in [1.54, 1.807) is 0 Å². The zero-order valence-corrected chi connectivity index (χ0v) is 6.02. The van der Waals surface area contributed by atoms with Gasteiger partial charge >= 0.3 is 0 Å². The van der Waals surface area contributed by atoms with Crippen molar-refractivity contribution in [2.75, 3.05) is 5.32 Å². The third-order valence-electron chi connectivity index (χ3n) is 0.890. The van der Waals surface area contributed by atoms with Crippen LogP contribution in [0.3, 0.4) is 0 Å². The minimum Gasteiger partial charge on any atom is -0.293 e. The first-order valence-electron chi connectivity index (χ1n) is 2.88. The first kappa shape index (κ1) is 8.07. The largest absolute Gasteiger partial charge is 0.293 e. The molecular formula is C3H7N9. The molecule has 0 unspecified atom stereocenters. The van der Waals surface area contributed by atoms with Gasteiger partial charge < -0.3 is 0 Å². The Morgan fingerprint density at radius 2 is 2.50 bits per heavy atom. The number of hydrogen-bond acceptors (Lipinski definition) is 6. The first-order valence-corrected chi connectivity index (χ1v) is 2.88. The van der Waals surface area contributed by atoms with Crippen LogP contribution in [-0.2, 0) is 0 Å². The van der Waals surface area contributed by atoms with Gasteiger partial charge in [-0.05, 0) is 10.4 Å². The summed E-state index contributed by atoms with van der Waals surface area (Å²) in [6.45, 7) is 3.14. The molecule has 0 spiro atoms. The molecule has 0 aliphatic carbocycles. The van der Waals surface area contributed by atoms with E-state index >= 15 is 0 Å². The molecule has 5 N–H and O–H groups in total. The Hall–Kier alpha value is -2.03. The molecule has 1 aromatic heterocycles. The fourth-order valence-corrected chi connectivity index (χ4v) is 0.485. The van der Waals surface area contributed by atoms with Crippen LogP contribution in [0.2, 0.25) is 0 Å². The Bertz CT molecular complexity index is 259. The van der Waals surface area contributed by atoms with Gasteiger partial charge in [0.15, 0.2) is 0 Å². The van der Waals surface area contributed by atoms with E-state index in [0.29, 0.717) is 5.95 Å². The molecule has 0 amide bonds. The molecule has 64 valence electrons. The number of hydrogen-bond donors (Lipinski definition) is 4. The molecule has 0 saturated heterocycles. The fourth-order valence-electron chi connectivity index (χ4n) is 0.485. The van der Waals surface area contributed by atoms with Crippen molar-refractivity contribution in [3.63, 3.8) is 0 Å². The average Bonchev–Trinajstić information content (AvgIpc) is 2.56. The Morgan fingerprint density at radius 3 is 3.00 bits per heavy atom. The molecule has 1 aromatic rings. The van der Waals surface area contributed by atoms with Gasteiger partial charge in [-0.2, -0.15) is 5.10 Å². The van der Waals surface area contributed by atoms with Crippen LogP contribution in [0.25, 0.3) is 0 Å². The van der Waals surface area contributed by atoms with Crippen molar-refractivity contribution in [3.8, 4) is 0 Å². The van der Waals surface area contributed by atoms with Crippen molar-refractivity contribution < 1.29 is 0 Å². The van der Waals surface area contributed by atoms with Crippen molar-refractivity contribution in [1.82, 2.24) is 26.0 Å². The normalized spacial score (nSPS) is 10.9. The van der Waals surface area contributed by atoms with Crippen molar-refractivity contribution in [2.45, 2.75) is 0 Å². The van der Waals surface area contributed by atoms with E-state index in [2.05, 4.69) is 48.3 Å². The summed E-state index contributed by atoms with van der Waals surface area (Å²) in [5.74, 6) is 5.55. The number of nitrogens with two attached hydrogens (primary N) is 1. The highest BCUT2D eigenvalue weighted by molar-refractivity contribution is 5.91. The minimum atomic E-state index is 0.184. The van der Waals surface area contributed by atoms with Crippen LogP contribution in [-0.4, -0.2) is 33.3 Å². The Morgan fingerprint density at radius 1 is 1.67 bits per heavy atom. The lowest BCUT2D eigenvalue weighted by Crippen LogP contribution is -2.36. The van der Waals surface area contributed by atoms with Gasteiger partial charge in [0, 0.05) is 6.72 Å². The van der Waals surface area contributed by atoms with Crippen LogP contribution in [0.4, 0.5) is 5.95 Å². The van der Waals surface area contributed by atoms with Crippen LogP contribution >= 0.6 is 0 Å². The molecule has 0 aromatic carbocycles. The molecule has 1 rings (SSSR count). The van der Waals surface area contributed by atoms with Gasteiger partial charge in [0.1, 0.15) is 0 Å². The quantitative estimate of drug-likeness (QED) is 0.176. The maximum atomic E-state index is 5.06. The molecule has 0 fully saturated rings. The molecule has 0 aliphatic rings. The molecule has 12 heavy (non-hydrogen) atoms. The number of aromatic nitrogens is 4. The number of anilines is 1. The third-order valence-corrected chi connectivity index (χ3v) is 0.890. The van der Waals surface area contributed by atoms with E-state index in [-0.39, 0.29) is 5.96 Å². The van der Waals surface area contributed by atoms with Crippen molar-refractivity contribution in [2.24, 2.45) is 16.0 Å². The van der Waals surface area contributed by atoms with E-state index in [1.807, 2.05) is 0 Å². The van der Waals surface area contributed by atoms with E-state index in [0.717, 1.165) is 0 Å². The first-order chi connectivity index (χ1) is 5.86. The predicted octanol–water partition coefficient (Wildman–Crippen LogP) is -1.95. The zero-order valence-electron chi connectivity index (χ0n) is 6.02. The van der Waals surface area contributed by atoms with Gasteiger partial charge in [-0.15, -0.1) is 5.10 Å². The predicted molar refractivity (Wildman–Crippen MR) is 42.1 cm³/mol. The monoisotopic (exact) mass is 169 g/mol. The highest BCUT2D eigenvalue weighted by Gasteiger charge is 1.99. The van der Waals surface area contributed by atoms with Crippen LogP contribution < -0.4 is 16.6 Å². The molecular weight excluding hydrogens is 162 g/mol. The lowest BCUT2D eigenvalue weighted by atomic mass is 10.9. The molecule has 1 heterocycles. The summed E-state index contributed by atoms with van der Waals surface area (Å²) < 4.78 is 0. The van der Waals surface area contributed by atoms with Gasteiger partial charge in [0.05, 0.1) is 0 Å². The lowest BCUT2D eigenvalue weighted by Gasteiger charge is -2.01. The zero-order chi connectivity index (χ0) is 8.81. The third kappa shape index (κ3) is 1.98. The van der Waals surface area contributed by atoms with Crippen LogP contribution in [0.1, 0.15) is 0 Å². The number of aromatic amines is 1. The summed E-state index contributed by atoms with van der Waals surface area (Å²) in [6.07, 6.45) is 0. The van der Waals surface area contributed by atoms with Crippen molar-refractivity contribution >= 4 is 18.6 Å². The number of tetrazole rings is 1. The Kier molecular flexibility index (Phi) is 2.67. The van der Waals surface area contributed by atoms with Gasteiger partial charge in [-0.1, -0.05) is 5.10 Å². The molecule has 0 saturated carbocycles. The maximum absolute atomic E-state index is 5.06. The van der Waals surface area contributed by atoms with Crippen LogP contribution in [0.15, 0.2) is 10.2 Å². The van der Waals surface area contributed by atoms with Crippen molar-refractivity contribution in [3.05, 3.63) is 0 Å². The van der Waals surface area contributed by atoms with Gasteiger partial charge in [-0.3, -0.25) is 10.7 Å². The summed E-state index contributed by atoms with van der Waals surface area (Å²) in [6, 6.07) is 0. The minimum absolute atomic E-state index is 0.184. The SMILES string of the molecule is C=N/N=C(\NN)Nc1nnn[nH]1. The second kappa shape index (κ2) is 3.98. The standard InChI is InChI=1S/C3H7N9/c1-5-8-2(7-4)6-3-9-11-12-10-3/h1,4H2,(H3,6,7,8,9,10,11,12). The van der Waals surface area contributed by atoms with E-state index < -0.39 is 0 Å². The van der Waals surface area contributed by atoms with Gasteiger partial charge in [-0.25, -0.2) is 10.9 Å². The summed E-state index contributed by atoms with van der Waals surface area (Å²) >= 11 is 0. The number of nitrogens with zero attached hydrogens (tertiary/aromatic N) is 5. The molecule has 0 radical (unpaired) electrons. The summed E-state index contributed by atoms with van der Waals surface area (Å²) in [4.78, 5) is 0. The smallest absolute Gasteiger partial charge is 0.247 e. The van der Waals surface area contributed by atoms with E-state index in [9.17, 15) is 0 Å². The molecule has 0 bridgehead atoms. The highest BCUT2D eigenvalue weighted by atomic mass is 15.5. The maximum Gasteiger partial charge on any atom is 0.247 e. The van der Waals surface area contributed by atoms with Gasteiger partial charge in [0.25, 0.3) is 0 Å². The summed E-state index contributed by atoms with van der Waals surface area (Å²) in [7, 11) is 0. The molecule has 9 nitrogen and oxygen atoms in total. The van der Waals surface area contributed by atoms with Crippen molar-refractivity contribution in [1.29, 1.82) is 0 Å². The highest BCUT2D eigenvalue weighted by Crippen LogP contribution is 1.88. The number of H-pyrrole nitrogens is 1. The number of nitrogens with one attached hydrogen (secondary N) is 3. The fraction of sp³-hybridized carbons (Fsp3) is 0. The number of hydrazine groups is 1. The molecule has 0 atom stereocenters. The Labute approximate surface area is 67.1 Å². The van der Waals surface area contributed by atoms with E-state index in [4.69, 9.17) is 5.84 Å². The Balaban J connectivity index is 2.60. The van der Waals surface area contributed by atoms with Gasteiger partial charge in [0.2, 0.25) is 11.9 Å². The summed E-state index contributed by atoms with van der Waals surface area (Å²) in [5, 5.41) is 21.9. The molecule has 0 aliphatic heterocycles. The second-order valence-electron chi connectivity index (χ2n) is 1.61.